The minimum Gasteiger partial charge on any atom is -0.497 e. The van der Waals surface area contributed by atoms with E-state index in [1.807, 2.05) is 35.0 Å². The summed E-state index contributed by atoms with van der Waals surface area (Å²) in [5.41, 5.74) is 1.24. The Balaban J connectivity index is 1.46. The van der Waals surface area contributed by atoms with Gasteiger partial charge in [0, 0.05) is 42.6 Å². The number of amides is 2. The van der Waals surface area contributed by atoms with Crippen LogP contribution in [0.2, 0.25) is 0 Å². The second-order valence-corrected chi connectivity index (χ2v) is 5.56. The molecule has 3 aromatic rings. The first-order valence-corrected chi connectivity index (χ1v) is 8.11. The zero-order valence-electron chi connectivity index (χ0n) is 14.3. The van der Waals surface area contributed by atoms with Gasteiger partial charge in [-0.1, -0.05) is 0 Å². The van der Waals surface area contributed by atoms with Crippen LogP contribution in [0, 0.1) is 0 Å². The van der Waals surface area contributed by atoms with Gasteiger partial charge in [-0.25, -0.2) is 4.98 Å². The quantitative estimate of drug-likeness (QED) is 0.660. The number of ether oxygens (including phenoxy) is 1. The number of hydrogen-bond acceptors (Lipinski definition) is 5. The summed E-state index contributed by atoms with van der Waals surface area (Å²) in [6, 6.07) is 7.85. The first-order valence-electron chi connectivity index (χ1n) is 8.11. The first kappa shape index (κ1) is 17.4. The molecule has 0 atom stereocenters. The van der Waals surface area contributed by atoms with Crippen LogP contribution in [0.3, 0.4) is 0 Å². The minimum atomic E-state index is -0.432. The van der Waals surface area contributed by atoms with Crippen molar-refractivity contribution < 1.29 is 14.3 Å². The Morgan fingerprint density at radius 2 is 2.08 bits per heavy atom. The van der Waals surface area contributed by atoms with Crippen LogP contribution in [-0.2, 0) is 11.3 Å². The number of nitrogens with zero attached hydrogens (tertiary/aromatic N) is 3. The molecule has 8 heteroatoms. The molecule has 2 aromatic heterocycles. The number of carbonyl (C=O) groups is 2. The molecule has 2 amide bonds. The summed E-state index contributed by atoms with van der Waals surface area (Å²) >= 11 is 0. The molecule has 2 N–H and O–H groups in total. The van der Waals surface area contributed by atoms with Gasteiger partial charge in [-0.15, -0.1) is 0 Å². The van der Waals surface area contributed by atoms with Gasteiger partial charge in [0.15, 0.2) is 0 Å². The fourth-order valence-corrected chi connectivity index (χ4v) is 2.55. The summed E-state index contributed by atoms with van der Waals surface area (Å²) in [6.45, 7) is 0.967. The first-order chi connectivity index (χ1) is 12.7. The van der Waals surface area contributed by atoms with Crippen molar-refractivity contribution in [1.29, 1.82) is 0 Å². The van der Waals surface area contributed by atoms with E-state index in [1.54, 1.807) is 7.11 Å². The fraction of sp³-hybridized carbons (Fsp3) is 0.222. The van der Waals surface area contributed by atoms with Crippen molar-refractivity contribution in [1.82, 2.24) is 25.2 Å². The van der Waals surface area contributed by atoms with E-state index < -0.39 is 5.91 Å². The van der Waals surface area contributed by atoms with Gasteiger partial charge >= 0.3 is 0 Å². The van der Waals surface area contributed by atoms with Gasteiger partial charge in [0.1, 0.15) is 11.4 Å². The van der Waals surface area contributed by atoms with E-state index in [1.165, 1.54) is 18.6 Å². The van der Waals surface area contributed by atoms with Crippen LogP contribution in [0.25, 0.3) is 10.9 Å². The molecule has 3 rings (SSSR count). The Bertz CT molecular complexity index is 908. The monoisotopic (exact) mass is 353 g/mol. The highest BCUT2D eigenvalue weighted by atomic mass is 16.5. The lowest BCUT2D eigenvalue weighted by Gasteiger charge is -2.09. The molecular weight excluding hydrogens is 334 g/mol. The van der Waals surface area contributed by atoms with Crippen LogP contribution in [0.1, 0.15) is 10.5 Å². The van der Waals surface area contributed by atoms with Gasteiger partial charge in [0.2, 0.25) is 5.91 Å². The van der Waals surface area contributed by atoms with Gasteiger partial charge in [0.25, 0.3) is 5.91 Å². The molecule has 0 saturated heterocycles. The Hall–Kier alpha value is -3.42. The van der Waals surface area contributed by atoms with Crippen LogP contribution in [0.5, 0.6) is 5.75 Å². The second-order valence-electron chi connectivity index (χ2n) is 5.56. The average Bonchev–Trinajstić information content (AvgIpc) is 3.09. The number of carbonyl (C=O) groups excluding carboxylic acids is 2. The van der Waals surface area contributed by atoms with E-state index in [9.17, 15) is 9.59 Å². The van der Waals surface area contributed by atoms with Crippen LogP contribution in [-0.4, -0.2) is 46.5 Å². The molecule has 134 valence electrons. The highest BCUT2D eigenvalue weighted by Crippen LogP contribution is 2.21. The molecule has 0 saturated carbocycles. The lowest BCUT2D eigenvalue weighted by molar-refractivity contribution is -0.120. The number of nitrogens with one attached hydrogen (secondary N) is 2. The minimum absolute atomic E-state index is 0.112. The Labute approximate surface area is 150 Å². The van der Waals surface area contributed by atoms with Crippen LogP contribution in [0.15, 0.2) is 49.1 Å². The highest BCUT2D eigenvalue weighted by molar-refractivity contribution is 5.94. The standard InChI is InChI=1S/C18H19N5O3/c1-26-14-2-3-16-13(10-14)4-8-23(16)9-7-21-17(24)12-22-18(25)15-11-19-5-6-20-15/h2-6,8,10-11H,7,9,12H2,1H3,(H,21,24)(H,22,25). The Morgan fingerprint density at radius 3 is 2.85 bits per heavy atom. The zero-order chi connectivity index (χ0) is 18.4. The topological polar surface area (TPSA) is 98.1 Å². The number of aromatic nitrogens is 3. The number of rotatable bonds is 7. The van der Waals surface area contributed by atoms with Crippen LogP contribution < -0.4 is 15.4 Å². The molecule has 0 spiro atoms. The molecule has 0 unspecified atom stereocenters. The summed E-state index contributed by atoms with van der Waals surface area (Å²) in [7, 11) is 1.64. The predicted molar refractivity (Wildman–Crippen MR) is 95.9 cm³/mol. The summed E-state index contributed by atoms with van der Waals surface area (Å²) in [6.07, 6.45) is 6.21. The van der Waals surface area contributed by atoms with Crippen molar-refractivity contribution in [2.75, 3.05) is 20.2 Å². The molecule has 0 radical (unpaired) electrons. The smallest absolute Gasteiger partial charge is 0.271 e. The summed E-state index contributed by atoms with van der Waals surface area (Å²) in [5, 5.41) is 6.37. The molecule has 0 aliphatic heterocycles. The molecule has 8 nitrogen and oxygen atoms in total. The van der Waals surface area contributed by atoms with E-state index in [-0.39, 0.29) is 18.1 Å². The summed E-state index contributed by atoms with van der Waals surface area (Å²) < 4.78 is 7.26. The van der Waals surface area contributed by atoms with E-state index in [0.717, 1.165) is 16.7 Å². The third-order valence-electron chi connectivity index (χ3n) is 3.86. The molecule has 2 heterocycles. The lowest BCUT2D eigenvalue weighted by Crippen LogP contribution is -2.38. The second kappa shape index (κ2) is 8.11. The maximum Gasteiger partial charge on any atom is 0.271 e. The molecule has 1 aromatic carbocycles. The maximum atomic E-state index is 11.9. The summed E-state index contributed by atoms with van der Waals surface area (Å²) in [4.78, 5) is 31.4. The SMILES string of the molecule is COc1ccc2c(ccn2CCNC(=O)CNC(=O)c2cnccn2)c1. The van der Waals surface area contributed by atoms with Crippen molar-refractivity contribution in [3.63, 3.8) is 0 Å². The zero-order valence-corrected chi connectivity index (χ0v) is 14.3. The predicted octanol–water partition coefficient (Wildman–Crippen LogP) is 0.986. The maximum absolute atomic E-state index is 11.9. The van der Waals surface area contributed by atoms with Crippen LogP contribution >= 0.6 is 0 Å². The lowest BCUT2D eigenvalue weighted by atomic mass is 10.2. The average molecular weight is 353 g/mol. The van der Waals surface area contributed by atoms with Crippen molar-refractivity contribution >= 4 is 22.7 Å². The van der Waals surface area contributed by atoms with Gasteiger partial charge in [-0.3, -0.25) is 14.6 Å². The normalized spacial score (nSPS) is 10.5. The third kappa shape index (κ3) is 4.15. The van der Waals surface area contributed by atoms with Crippen molar-refractivity contribution in [2.24, 2.45) is 0 Å². The van der Waals surface area contributed by atoms with E-state index in [2.05, 4.69) is 20.6 Å². The van der Waals surface area contributed by atoms with Gasteiger partial charge in [-0.2, -0.15) is 0 Å². The molecule has 0 bridgehead atoms. The molecule has 0 fully saturated rings. The summed E-state index contributed by atoms with van der Waals surface area (Å²) in [5.74, 6) is 0.112. The van der Waals surface area contributed by atoms with Gasteiger partial charge < -0.3 is 19.9 Å². The highest BCUT2D eigenvalue weighted by Gasteiger charge is 2.09. The molecule has 0 aliphatic rings. The largest absolute Gasteiger partial charge is 0.497 e. The van der Waals surface area contributed by atoms with Crippen molar-refractivity contribution in [3.8, 4) is 5.75 Å². The Morgan fingerprint density at radius 1 is 1.19 bits per heavy atom. The number of fused-ring (bicyclic) bond motifs is 1. The van der Waals surface area contributed by atoms with Crippen molar-refractivity contribution in [2.45, 2.75) is 6.54 Å². The van der Waals surface area contributed by atoms with Crippen LogP contribution in [0.4, 0.5) is 0 Å². The molecular formula is C18H19N5O3. The van der Waals surface area contributed by atoms with E-state index in [4.69, 9.17) is 4.74 Å². The fourth-order valence-electron chi connectivity index (χ4n) is 2.55. The molecule has 26 heavy (non-hydrogen) atoms. The number of benzene rings is 1. The Kier molecular flexibility index (Phi) is 5.43. The number of hydrogen-bond donors (Lipinski definition) is 2. The molecule has 0 aliphatic carbocycles. The third-order valence-corrected chi connectivity index (χ3v) is 3.86. The van der Waals surface area contributed by atoms with E-state index in [0.29, 0.717) is 13.1 Å². The number of methoxy groups -OCH3 is 1. The van der Waals surface area contributed by atoms with Gasteiger partial charge in [-0.05, 0) is 24.3 Å². The van der Waals surface area contributed by atoms with Gasteiger partial charge in [0.05, 0.1) is 19.9 Å². The van der Waals surface area contributed by atoms with E-state index >= 15 is 0 Å². The van der Waals surface area contributed by atoms with Crippen molar-refractivity contribution in [3.05, 3.63) is 54.7 Å².